The van der Waals surface area contributed by atoms with Crippen LogP contribution in [0.2, 0.25) is 0 Å². The fraction of sp³-hybridized carbons (Fsp3) is 0.125. The Morgan fingerprint density at radius 3 is 3.07 bits per heavy atom. The first-order valence-electron chi connectivity index (χ1n) is 4.55. The fourth-order valence-electron chi connectivity index (χ4n) is 1.41. The molecule has 0 saturated carbocycles. The summed E-state index contributed by atoms with van der Waals surface area (Å²) in [7, 11) is -1.09. The van der Waals surface area contributed by atoms with Crippen molar-refractivity contribution in [1.29, 1.82) is 0 Å². The second-order valence-electron chi connectivity index (χ2n) is 2.96. The van der Waals surface area contributed by atoms with Crippen LogP contribution >= 0.6 is 0 Å². The van der Waals surface area contributed by atoms with E-state index in [4.69, 9.17) is 0 Å². The second kappa shape index (κ2) is 3.91. The Hall–Kier alpha value is -1.85. The molecule has 2 rings (SSSR count). The molecule has 0 aliphatic carbocycles. The molecule has 0 aromatic carbocycles. The van der Waals surface area contributed by atoms with Crippen molar-refractivity contribution in [3.05, 3.63) is 30.7 Å². The van der Waals surface area contributed by atoms with Gasteiger partial charge in [0, 0.05) is 18.5 Å². The molecule has 1 aliphatic heterocycles. The van der Waals surface area contributed by atoms with Crippen LogP contribution in [-0.4, -0.2) is 34.2 Å². The Morgan fingerprint density at radius 1 is 1.57 bits per heavy atom. The smallest absolute Gasteiger partial charge is 0.369 e. The lowest BCUT2D eigenvalue weighted by atomic mass is 9.95. The van der Waals surface area contributed by atoms with E-state index in [1.165, 1.54) is 0 Å². The van der Waals surface area contributed by atoms with Crippen molar-refractivity contribution in [2.45, 2.75) is 6.92 Å². The van der Waals surface area contributed by atoms with Crippen molar-refractivity contribution >= 4 is 19.5 Å². The number of hydrogen-bond donors (Lipinski definition) is 0. The molecule has 1 aromatic rings. The molecule has 14 heavy (non-hydrogen) atoms. The maximum Gasteiger partial charge on any atom is 0.369 e. The fourth-order valence-corrected chi connectivity index (χ4v) is 1.41. The van der Waals surface area contributed by atoms with Gasteiger partial charge < -0.3 is 9.50 Å². The molecule has 1 aliphatic rings. The third-order valence-electron chi connectivity index (χ3n) is 2.04. The molecule has 0 spiro atoms. The highest BCUT2D eigenvalue weighted by Gasteiger charge is 2.19. The lowest BCUT2D eigenvalue weighted by Crippen LogP contribution is -2.41. The summed E-state index contributed by atoms with van der Waals surface area (Å²) >= 11 is 0. The Balaban J connectivity index is 2.24. The van der Waals surface area contributed by atoms with Crippen molar-refractivity contribution < 1.29 is 0 Å². The van der Waals surface area contributed by atoms with Gasteiger partial charge >= 0.3 is 7.12 Å². The van der Waals surface area contributed by atoms with Crippen molar-refractivity contribution in [3.63, 3.8) is 0 Å². The van der Waals surface area contributed by atoms with Crippen molar-refractivity contribution in [3.8, 4) is 0 Å². The van der Waals surface area contributed by atoms with Gasteiger partial charge in [0.1, 0.15) is 5.10 Å². The molecule has 0 N–H and O–H groups in total. The van der Waals surface area contributed by atoms with Gasteiger partial charge in [0.15, 0.2) is 0 Å². The van der Waals surface area contributed by atoms with Crippen molar-refractivity contribution in [2.24, 2.45) is 4.90 Å². The molecule has 0 bridgehead atoms. The van der Waals surface area contributed by atoms with Crippen LogP contribution in [0, 0.1) is 0 Å². The number of aromatic nitrogens is 2. The zero-order valence-corrected chi connectivity index (χ0v) is 7.98. The van der Waals surface area contributed by atoms with Crippen LogP contribution < -0.4 is 5.10 Å². The quantitative estimate of drug-likeness (QED) is 0.482. The van der Waals surface area contributed by atoms with Crippen LogP contribution in [0.1, 0.15) is 6.92 Å². The van der Waals surface area contributed by atoms with Gasteiger partial charge in [-0.2, -0.15) is 0 Å². The summed E-state index contributed by atoms with van der Waals surface area (Å²) in [6.45, 7) is 1.90. The third-order valence-corrected chi connectivity index (χ3v) is 2.04. The standard InChI is InChI=1S/C8H11BN5/c1-2-10-9(13-7-3-5-11-13)14-8-4-6-12-14/h2-9H,1H3. The van der Waals surface area contributed by atoms with Gasteiger partial charge in [-0.15, -0.1) is 0 Å². The van der Waals surface area contributed by atoms with Gasteiger partial charge in [-0.3, -0.25) is 0 Å². The van der Waals surface area contributed by atoms with Gasteiger partial charge in [0.25, 0.3) is 6.21 Å². The average Bonchev–Trinajstić information content (AvgIpc) is 2.87. The largest absolute Gasteiger partial charge is 0.463 e. The molecule has 0 amide bonds. The predicted octanol–water partition coefficient (Wildman–Crippen LogP) is -0.310. The zero-order chi connectivity index (χ0) is 9.80. The summed E-state index contributed by atoms with van der Waals surface area (Å²) in [4.78, 5) is 6.19. The van der Waals surface area contributed by atoms with Crippen molar-refractivity contribution in [2.75, 3.05) is 0 Å². The molecule has 6 heteroatoms. The lowest BCUT2D eigenvalue weighted by molar-refractivity contribution is 0.543. The normalized spacial score (nSPS) is 17.1. The van der Waals surface area contributed by atoms with Crippen LogP contribution in [0.25, 0.3) is 0 Å². The molecule has 0 saturated heterocycles. The molecule has 5 nitrogen and oxygen atoms in total. The third kappa shape index (κ3) is 1.59. The van der Waals surface area contributed by atoms with E-state index >= 15 is 0 Å². The highest BCUT2D eigenvalue weighted by atomic mass is 15.5. The van der Waals surface area contributed by atoms with Crippen LogP contribution in [0.3, 0.4) is 0 Å². The van der Waals surface area contributed by atoms with Gasteiger partial charge in [-0.25, -0.2) is 10.0 Å². The molecule has 1 unspecified atom stereocenters. The summed E-state index contributed by atoms with van der Waals surface area (Å²) in [5.74, 6) is 0. The van der Waals surface area contributed by atoms with Crippen molar-refractivity contribution in [1.82, 2.24) is 19.7 Å². The minimum absolute atomic E-state index is 1.09. The minimum Gasteiger partial charge on any atom is -0.463 e. The lowest BCUT2D eigenvalue weighted by Gasteiger charge is -2.20. The van der Waals surface area contributed by atoms with E-state index < -0.39 is 7.12 Å². The Morgan fingerprint density at radius 2 is 2.50 bits per heavy atom. The summed E-state index contributed by atoms with van der Waals surface area (Å²) in [5, 5.41) is 8.34. The van der Waals surface area contributed by atoms with Gasteiger partial charge in [0.2, 0.25) is 0 Å². The van der Waals surface area contributed by atoms with Crippen LogP contribution in [-0.2, 0) is 0 Å². The molecular formula is C8H11BN5. The number of allylic oxidation sites excluding steroid dienone is 1. The molecule has 1 aromatic heterocycles. The summed E-state index contributed by atoms with van der Waals surface area (Å²) in [6, 6.07) is 1.88. The van der Waals surface area contributed by atoms with Crippen LogP contribution in [0.5, 0.6) is 0 Å². The average molecular weight is 188 g/mol. The van der Waals surface area contributed by atoms with Gasteiger partial charge in [-0.05, 0) is 25.4 Å². The van der Waals surface area contributed by atoms with E-state index in [-0.39, 0.29) is 0 Å². The first kappa shape index (κ1) is 8.74. The minimum atomic E-state index is -1.09. The highest BCUT2D eigenvalue weighted by Crippen LogP contribution is 1.99. The zero-order valence-electron chi connectivity index (χ0n) is 7.98. The topological polar surface area (TPSA) is 47.5 Å². The highest BCUT2D eigenvalue weighted by molar-refractivity contribution is 6.53. The van der Waals surface area contributed by atoms with E-state index in [1.807, 2.05) is 41.0 Å². The Bertz CT molecular complexity index is 355. The van der Waals surface area contributed by atoms with E-state index in [1.54, 1.807) is 18.6 Å². The first-order chi connectivity index (χ1) is 6.92. The Kier molecular flexibility index (Phi) is 2.44. The Labute approximate surface area is 82.6 Å². The molecule has 0 fully saturated rings. The van der Waals surface area contributed by atoms with E-state index in [0.29, 0.717) is 0 Å². The summed E-state index contributed by atoms with van der Waals surface area (Å²) in [6.07, 6.45) is 10.9. The molecule has 2 heterocycles. The summed E-state index contributed by atoms with van der Waals surface area (Å²) in [5.41, 5.74) is 0. The number of hydrazone groups is 1. The summed E-state index contributed by atoms with van der Waals surface area (Å²) < 4.78 is 1.83. The molecule has 71 valence electrons. The van der Waals surface area contributed by atoms with E-state index in [9.17, 15) is 0 Å². The SMILES string of the molecule is CC=N[BH-](N1C=CC=[N+]1)n1cccn1. The van der Waals surface area contributed by atoms with E-state index in [0.717, 1.165) is 0 Å². The number of nitrogens with zero attached hydrogens (tertiary/aromatic N) is 5. The maximum absolute atomic E-state index is 4.37. The van der Waals surface area contributed by atoms with Gasteiger partial charge in [-0.1, -0.05) is 0 Å². The predicted molar refractivity (Wildman–Crippen MR) is 58.1 cm³/mol. The number of hydrogen-bond acceptors (Lipinski definition) is 4. The molecular weight excluding hydrogens is 177 g/mol. The van der Waals surface area contributed by atoms with Gasteiger partial charge in [0.05, 0.1) is 0 Å². The first-order valence-corrected chi connectivity index (χ1v) is 4.55. The second-order valence-corrected chi connectivity index (χ2v) is 2.96. The van der Waals surface area contributed by atoms with E-state index in [2.05, 4.69) is 15.1 Å². The van der Waals surface area contributed by atoms with Crippen LogP contribution in [0.15, 0.2) is 35.6 Å². The monoisotopic (exact) mass is 188 g/mol. The maximum atomic E-state index is 4.37. The van der Waals surface area contributed by atoms with Crippen LogP contribution in [0.4, 0.5) is 0 Å². The molecule has 1 atom stereocenters. The molecule has 1 radical (unpaired) electrons. The number of rotatable bonds is 3.